The Balaban J connectivity index is 1.68. The van der Waals surface area contributed by atoms with Crippen molar-refractivity contribution in [3.8, 4) is 11.5 Å². The van der Waals surface area contributed by atoms with Gasteiger partial charge in [-0.3, -0.25) is 9.69 Å². The molecule has 1 fully saturated rings. The Labute approximate surface area is 172 Å². The number of morpholine rings is 1. The second-order valence-corrected chi connectivity index (χ2v) is 6.83. The molecule has 1 saturated heterocycles. The minimum Gasteiger partial charge on any atom is -0.493 e. The SMILES string of the molecule is COc1ccc(/C=C/C(=O)N[C@H](CN2CCOCC2)c2ccccc2)cc1OC. The average molecular weight is 396 g/mol. The van der Waals surface area contributed by atoms with Crippen molar-refractivity contribution in [2.75, 3.05) is 47.1 Å². The molecule has 1 aliphatic rings. The molecule has 0 unspecified atom stereocenters. The van der Waals surface area contributed by atoms with E-state index in [2.05, 4.69) is 10.2 Å². The van der Waals surface area contributed by atoms with Gasteiger partial charge in [0.1, 0.15) is 0 Å². The highest BCUT2D eigenvalue weighted by Crippen LogP contribution is 2.28. The molecule has 1 aliphatic heterocycles. The minimum absolute atomic E-state index is 0.0862. The van der Waals surface area contributed by atoms with Gasteiger partial charge in [0.2, 0.25) is 5.91 Å². The number of methoxy groups -OCH3 is 2. The summed E-state index contributed by atoms with van der Waals surface area (Å²) in [6, 6.07) is 15.5. The van der Waals surface area contributed by atoms with Gasteiger partial charge in [-0.05, 0) is 29.3 Å². The zero-order valence-corrected chi connectivity index (χ0v) is 17.0. The zero-order valence-electron chi connectivity index (χ0n) is 17.0. The summed E-state index contributed by atoms with van der Waals surface area (Å²) >= 11 is 0. The number of nitrogens with zero attached hydrogens (tertiary/aromatic N) is 1. The lowest BCUT2D eigenvalue weighted by Gasteiger charge is -2.31. The van der Waals surface area contributed by atoms with Gasteiger partial charge >= 0.3 is 0 Å². The molecule has 0 spiro atoms. The molecule has 0 bridgehead atoms. The number of hydrogen-bond acceptors (Lipinski definition) is 5. The molecule has 2 aromatic rings. The first kappa shape index (κ1) is 20.9. The molecule has 154 valence electrons. The summed E-state index contributed by atoms with van der Waals surface area (Å²) in [7, 11) is 3.19. The molecule has 0 aliphatic carbocycles. The number of benzene rings is 2. The van der Waals surface area contributed by atoms with E-state index in [0.29, 0.717) is 11.5 Å². The van der Waals surface area contributed by atoms with Gasteiger partial charge in [-0.1, -0.05) is 36.4 Å². The Bertz CT molecular complexity index is 817. The maximum Gasteiger partial charge on any atom is 0.244 e. The average Bonchev–Trinajstić information content (AvgIpc) is 2.78. The van der Waals surface area contributed by atoms with Crippen molar-refractivity contribution < 1.29 is 19.0 Å². The molecule has 3 rings (SSSR count). The number of carbonyl (C=O) groups excluding carboxylic acids is 1. The third kappa shape index (κ3) is 6.07. The standard InChI is InChI=1S/C23H28N2O4/c1-27-21-10-8-18(16-22(21)28-2)9-11-23(26)24-20(19-6-4-3-5-7-19)17-25-12-14-29-15-13-25/h3-11,16,20H,12-15,17H2,1-2H3,(H,24,26)/b11-9+/t20-/m1/s1. The molecule has 1 heterocycles. The summed E-state index contributed by atoms with van der Waals surface area (Å²) in [6.07, 6.45) is 3.32. The van der Waals surface area contributed by atoms with E-state index in [1.807, 2.05) is 48.5 Å². The van der Waals surface area contributed by atoms with Gasteiger partial charge in [0, 0.05) is 25.7 Å². The molecule has 0 saturated carbocycles. The number of amides is 1. The van der Waals surface area contributed by atoms with Crippen LogP contribution in [0.15, 0.2) is 54.6 Å². The lowest BCUT2D eigenvalue weighted by atomic mass is 10.1. The Morgan fingerprint density at radius 2 is 1.83 bits per heavy atom. The summed E-state index contributed by atoms with van der Waals surface area (Å²) < 4.78 is 16.0. The van der Waals surface area contributed by atoms with E-state index >= 15 is 0 Å². The van der Waals surface area contributed by atoms with Crippen molar-refractivity contribution in [2.45, 2.75) is 6.04 Å². The third-order valence-corrected chi connectivity index (χ3v) is 4.90. The van der Waals surface area contributed by atoms with E-state index in [9.17, 15) is 4.79 Å². The van der Waals surface area contributed by atoms with Crippen molar-refractivity contribution in [3.63, 3.8) is 0 Å². The lowest BCUT2D eigenvalue weighted by Crippen LogP contribution is -2.42. The number of hydrogen-bond donors (Lipinski definition) is 1. The molecule has 0 radical (unpaired) electrons. The van der Waals surface area contributed by atoms with Crippen molar-refractivity contribution in [3.05, 3.63) is 65.7 Å². The molecule has 6 nitrogen and oxygen atoms in total. The smallest absolute Gasteiger partial charge is 0.244 e. The summed E-state index contributed by atoms with van der Waals surface area (Å²) in [5.74, 6) is 1.15. The lowest BCUT2D eigenvalue weighted by molar-refractivity contribution is -0.117. The van der Waals surface area contributed by atoms with Gasteiger partial charge in [0.15, 0.2) is 11.5 Å². The Morgan fingerprint density at radius 1 is 1.10 bits per heavy atom. The zero-order chi connectivity index (χ0) is 20.5. The minimum atomic E-state index is -0.137. The van der Waals surface area contributed by atoms with Crippen LogP contribution in [0.2, 0.25) is 0 Å². The fourth-order valence-electron chi connectivity index (χ4n) is 3.31. The van der Waals surface area contributed by atoms with Crippen LogP contribution in [-0.2, 0) is 9.53 Å². The van der Waals surface area contributed by atoms with Crippen LogP contribution < -0.4 is 14.8 Å². The molecule has 0 aromatic heterocycles. The van der Waals surface area contributed by atoms with Gasteiger partial charge in [-0.2, -0.15) is 0 Å². The molecular weight excluding hydrogens is 368 g/mol. The van der Waals surface area contributed by atoms with Crippen LogP contribution in [0.25, 0.3) is 6.08 Å². The molecule has 1 atom stereocenters. The number of ether oxygens (including phenoxy) is 3. The highest BCUT2D eigenvalue weighted by atomic mass is 16.5. The quantitative estimate of drug-likeness (QED) is 0.696. The van der Waals surface area contributed by atoms with Gasteiger partial charge in [0.05, 0.1) is 33.5 Å². The van der Waals surface area contributed by atoms with Crippen LogP contribution >= 0.6 is 0 Å². The van der Waals surface area contributed by atoms with Crippen molar-refractivity contribution in [2.24, 2.45) is 0 Å². The molecule has 29 heavy (non-hydrogen) atoms. The Kier molecular flexibility index (Phi) is 7.67. The maximum absolute atomic E-state index is 12.6. The predicted octanol–water partition coefficient (Wildman–Crippen LogP) is 2.91. The van der Waals surface area contributed by atoms with Crippen molar-refractivity contribution in [1.29, 1.82) is 0 Å². The van der Waals surface area contributed by atoms with Gasteiger partial charge < -0.3 is 19.5 Å². The summed E-state index contributed by atoms with van der Waals surface area (Å²) in [5.41, 5.74) is 1.95. The Hall–Kier alpha value is -2.83. The van der Waals surface area contributed by atoms with Crippen LogP contribution in [-0.4, -0.2) is 57.9 Å². The van der Waals surface area contributed by atoms with Gasteiger partial charge in [-0.25, -0.2) is 0 Å². The van der Waals surface area contributed by atoms with Crippen molar-refractivity contribution >= 4 is 12.0 Å². The van der Waals surface area contributed by atoms with E-state index < -0.39 is 0 Å². The first-order chi connectivity index (χ1) is 14.2. The normalized spacial score (nSPS) is 15.8. The highest BCUT2D eigenvalue weighted by Gasteiger charge is 2.19. The number of carbonyl (C=O) groups is 1. The Morgan fingerprint density at radius 3 is 2.52 bits per heavy atom. The number of nitrogens with one attached hydrogen (secondary N) is 1. The van der Waals surface area contributed by atoms with E-state index in [-0.39, 0.29) is 11.9 Å². The molecular formula is C23H28N2O4. The maximum atomic E-state index is 12.6. The molecule has 1 N–H and O–H groups in total. The van der Waals surface area contributed by atoms with Gasteiger partial charge in [0.25, 0.3) is 0 Å². The second-order valence-electron chi connectivity index (χ2n) is 6.83. The topological polar surface area (TPSA) is 60.0 Å². The number of rotatable bonds is 8. The third-order valence-electron chi connectivity index (χ3n) is 4.90. The second kappa shape index (κ2) is 10.6. The predicted molar refractivity (Wildman–Crippen MR) is 113 cm³/mol. The summed E-state index contributed by atoms with van der Waals surface area (Å²) in [5, 5.41) is 3.14. The first-order valence-corrected chi connectivity index (χ1v) is 9.75. The summed E-state index contributed by atoms with van der Waals surface area (Å²) in [4.78, 5) is 14.9. The van der Waals surface area contributed by atoms with E-state index in [1.54, 1.807) is 26.4 Å². The monoisotopic (exact) mass is 396 g/mol. The van der Waals surface area contributed by atoms with Gasteiger partial charge in [-0.15, -0.1) is 0 Å². The fourth-order valence-corrected chi connectivity index (χ4v) is 3.31. The molecule has 6 heteroatoms. The van der Waals surface area contributed by atoms with E-state index in [0.717, 1.165) is 44.0 Å². The van der Waals surface area contributed by atoms with Crippen LogP contribution in [0, 0.1) is 0 Å². The largest absolute Gasteiger partial charge is 0.493 e. The van der Waals surface area contributed by atoms with Crippen LogP contribution in [0.5, 0.6) is 11.5 Å². The van der Waals surface area contributed by atoms with Crippen molar-refractivity contribution in [1.82, 2.24) is 10.2 Å². The van der Waals surface area contributed by atoms with E-state index in [1.165, 1.54) is 0 Å². The molecule has 1 amide bonds. The first-order valence-electron chi connectivity index (χ1n) is 9.75. The fraction of sp³-hybridized carbons (Fsp3) is 0.348. The highest BCUT2D eigenvalue weighted by molar-refractivity contribution is 5.92. The van der Waals surface area contributed by atoms with E-state index in [4.69, 9.17) is 14.2 Å². The molecule has 2 aromatic carbocycles. The van der Waals surface area contributed by atoms with Crippen LogP contribution in [0.3, 0.4) is 0 Å². The van der Waals surface area contributed by atoms with Crippen LogP contribution in [0.1, 0.15) is 17.2 Å². The summed E-state index contributed by atoms with van der Waals surface area (Å²) in [6.45, 7) is 3.97. The van der Waals surface area contributed by atoms with Crippen LogP contribution in [0.4, 0.5) is 0 Å².